The minimum Gasteiger partial charge on any atom is -0.378 e. The lowest BCUT2D eigenvalue weighted by Gasteiger charge is -2.38. The number of anilines is 3. The second-order valence-electron chi connectivity index (χ2n) is 6.59. The zero-order valence-electron chi connectivity index (χ0n) is 14.9. The molecule has 3 aromatic carbocycles. The third kappa shape index (κ3) is 2.80. The third-order valence-corrected chi connectivity index (χ3v) is 4.69. The fraction of sp³-hybridized carbons (Fsp3) is 0.136. The van der Waals surface area contributed by atoms with Crippen LogP contribution < -0.4 is 15.1 Å². The summed E-state index contributed by atoms with van der Waals surface area (Å²) in [6, 6.07) is 25.8. The van der Waals surface area contributed by atoms with Gasteiger partial charge in [0.05, 0.1) is 5.56 Å². The van der Waals surface area contributed by atoms with E-state index < -0.39 is 0 Å². The predicted molar refractivity (Wildman–Crippen MR) is 107 cm³/mol. The second kappa shape index (κ2) is 6.56. The molecule has 0 unspecified atom stereocenters. The average Bonchev–Trinajstić information content (AvgIpc) is 2.69. The van der Waals surface area contributed by atoms with Gasteiger partial charge in [0, 0.05) is 31.2 Å². The molecule has 0 bridgehead atoms. The first-order chi connectivity index (χ1) is 12.6. The highest BCUT2D eigenvalue weighted by Gasteiger charge is 2.33. The molecule has 1 aliphatic rings. The summed E-state index contributed by atoms with van der Waals surface area (Å²) >= 11 is 0. The van der Waals surface area contributed by atoms with Crippen LogP contribution >= 0.6 is 0 Å². The van der Waals surface area contributed by atoms with Crippen LogP contribution in [0.3, 0.4) is 0 Å². The van der Waals surface area contributed by atoms with Crippen LogP contribution in [0.15, 0.2) is 78.9 Å². The van der Waals surface area contributed by atoms with E-state index in [0.29, 0.717) is 5.56 Å². The number of fused-ring (bicyclic) bond motifs is 1. The lowest BCUT2D eigenvalue weighted by molar-refractivity contribution is 0.0975. The fourth-order valence-corrected chi connectivity index (χ4v) is 3.30. The van der Waals surface area contributed by atoms with E-state index in [9.17, 15) is 4.79 Å². The maximum absolute atomic E-state index is 13.3. The average molecular weight is 343 g/mol. The summed E-state index contributed by atoms with van der Waals surface area (Å²) in [5.74, 6) is 0.00538. The highest BCUT2D eigenvalue weighted by atomic mass is 16.2. The van der Waals surface area contributed by atoms with E-state index >= 15 is 0 Å². The van der Waals surface area contributed by atoms with Crippen LogP contribution in [0.5, 0.6) is 0 Å². The number of hydrogen-bond donors (Lipinski definition) is 1. The normalized spacial score (nSPS) is 16.0. The van der Waals surface area contributed by atoms with Crippen LogP contribution in [0.4, 0.5) is 17.1 Å². The largest absolute Gasteiger partial charge is 0.378 e. The molecule has 0 fully saturated rings. The van der Waals surface area contributed by atoms with Gasteiger partial charge < -0.3 is 10.2 Å². The van der Waals surface area contributed by atoms with E-state index in [4.69, 9.17) is 0 Å². The Labute approximate surface area is 153 Å². The predicted octanol–water partition coefficient (Wildman–Crippen LogP) is 4.52. The van der Waals surface area contributed by atoms with Crippen LogP contribution in [-0.4, -0.2) is 20.0 Å². The zero-order chi connectivity index (χ0) is 18.1. The monoisotopic (exact) mass is 343 g/mol. The highest BCUT2D eigenvalue weighted by molar-refractivity contribution is 6.12. The van der Waals surface area contributed by atoms with Gasteiger partial charge in [-0.2, -0.15) is 0 Å². The van der Waals surface area contributed by atoms with E-state index in [1.54, 1.807) is 0 Å². The molecule has 0 aliphatic carbocycles. The molecule has 3 aromatic rings. The summed E-state index contributed by atoms with van der Waals surface area (Å²) < 4.78 is 0. The minimum absolute atomic E-state index is 0.00538. The number of hydrogen-bond acceptors (Lipinski definition) is 3. The lowest BCUT2D eigenvalue weighted by Crippen LogP contribution is -2.43. The Balaban J connectivity index is 1.81. The number of carbonyl (C=O) groups is 1. The topological polar surface area (TPSA) is 35.6 Å². The summed E-state index contributed by atoms with van der Waals surface area (Å²) in [7, 11) is 4.01. The summed E-state index contributed by atoms with van der Waals surface area (Å²) in [6.07, 6.45) is -0.246. The summed E-state index contributed by atoms with van der Waals surface area (Å²) in [6.45, 7) is 0. The number of rotatable bonds is 3. The van der Waals surface area contributed by atoms with E-state index in [0.717, 1.165) is 22.6 Å². The molecule has 0 saturated heterocycles. The Bertz CT molecular complexity index is 920. The van der Waals surface area contributed by atoms with Crippen molar-refractivity contribution in [2.24, 2.45) is 0 Å². The first-order valence-electron chi connectivity index (χ1n) is 8.66. The molecule has 4 nitrogen and oxygen atoms in total. The van der Waals surface area contributed by atoms with Gasteiger partial charge in [0.1, 0.15) is 6.17 Å². The van der Waals surface area contributed by atoms with Crippen molar-refractivity contribution in [3.8, 4) is 0 Å². The van der Waals surface area contributed by atoms with Gasteiger partial charge in [-0.05, 0) is 42.0 Å². The van der Waals surface area contributed by atoms with Gasteiger partial charge in [0.15, 0.2) is 0 Å². The van der Waals surface area contributed by atoms with Gasteiger partial charge in [0.25, 0.3) is 5.91 Å². The summed E-state index contributed by atoms with van der Waals surface area (Å²) in [5.41, 5.74) is 4.58. The van der Waals surface area contributed by atoms with E-state index in [1.807, 2.05) is 103 Å². The van der Waals surface area contributed by atoms with Crippen molar-refractivity contribution in [3.63, 3.8) is 0 Å². The van der Waals surface area contributed by atoms with Gasteiger partial charge in [-0.1, -0.05) is 42.5 Å². The van der Waals surface area contributed by atoms with Crippen molar-refractivity contribution in [3.05, 3.63) is 90.0 Å². The van der Waals surface area contributed by atoms with Crippen LogP contribution in [0, 0.1) is 0 Å². The molecule has 0 aromatic heterocycles. The number of carbonyl (C=O) groups excluding carboxylic acids is 1. The van der Waals surface area contributed by atoms with E-state index in [2.05, 4.69) is 5.32 Å². The van der Waals surface area contributed by atoms with E-state index in [1.165, 1.54) is 0 Å². The summed E-state index contributed by atoms with van der Waals surface area (Å²) in [5, 5.41) is 3.52. The third-order valence-electron chi connectivity index (χ3n) is 4.69. The van der Waals surface area contributed by atoms with Crippen LogP contribution in [0.2, 0.25) is 0 Å². The molecule has 4 rings (SSSR count). The van der Waals surface area contributed by atoms with Crippen molar-refractivity contribution in [1.29, 1.82) is 0 Å². The maximum Gasteiger partial charge on any atom is 0.262 e. The van der Waals surface area contributed by atoms with Gasteiger partial charge in [0.2, 0.25) is 0 Å². The molecule has 1 amide bonds. The van der Waals surface area contributed by atoms with Crippen molar-refractivity contribution in [1.82, 2.24) is 0 Å². The molecule has 1 aliphatic heterocycles. The molecule has 0 radical (unpaired) electrons. The van der Waals surface area contributed by atoms with Crippen molar-refractivity contribution >= 4 is 23.0 Å². The van der Waals surface area contributed by atoms with Gasteiger partial charge in [-0.3, -0.25) is 9.69 Å². The molecule has 1 heterocycles. The number of nitrogens with zero attached hydrogens (tertiary/aromatic N) is 2. The first-order valence-corrected chi connectivity index (χ1v) is 8.66. The Kier molecular flexibility index (Phi) is 4.09. The molecule has 1 N–H and O–H groups in total. The Morgan fingerprint density at radius 3 is 2.19 bits per heavy atom. The van der Waals surface area contributed by atoms with Crippen molar-refractivity contribution in [2.45, 2.75) is 6.17 Å². The molecule has 1 atom stereocenters. The van der Waals surface area contributed by atoms with Crippen molar-refractivity contribution in [2.75, 3.05) is 29.2 Å². The zero-order valence-corrected chi connectivity index (χ0v) is 14.9. The van der Waals surface area contributed by atoms with Gasteiger partial charge in [-0.25, -0.2) is 0 Å². The Morgan fingerprint density at radius 2 is 1.50 bits per heavy atom. The molecule has 4 heteroatoms. The van der Waals surface area contributed by atoms with Crippen molar-refractivity contribution < 1.29 is 4.79 Å². The van der Waals surface area contributed by atoms with E-state index in [-0.39, 0.29) is 12.1 Å². The minimum atomic E-state index is -0.246. The number of para-hydroxylation sites is 1. The maximum atomic E-state index is 13.3. The fourth-order valence-electron chi connectivity index (χ4n) is 3.30. The smallest absolute Gasteiger partial charge is 0.262 e. The number of benzene rings is 3. The molecule has 0 spiro atoms. The Morgan fingerprint density at radius 1 is 0.846 bits per heavy atom. The van der Waals surface area contributed by atoms with Gasteiger partial charge in [-0.15, -0.1) is 0 Å². The van der Waals surface area contributed by atoms with Crippen LogP contribution in [-0.2, 0) is 0 Å². The molecular formula is C22H21N3O. The lowest BCUT2D eigenvalue weighted by atomic mass is 10.0. The molecule has 130 valence electrons. The molecule has 0 saturated carbocycles. The quantitative estimate of drug-likeness (QED) is 0.759. The van der Waals surface area contributed by atoms with Crippen LogP contribution in [0.1, 0.15) is 22.1 Å². The molecule has 26 heavy (non-hydrogen) atoms. The first kappa shape index (κ1) is 16.2. The van der Waals surface area contributed by atoms with Crippen LogP contribution in [0.25, 0.3) is 0 Å². The second-order valence-corrected chi connectivity index (χ2v) is 6.59. The molecular weight excluding hydrogens is 322 g/mol. The number of nitrogens with one attached hydrogen (secondary N) is 1. The SMILES string of the molecule is CN(C)c1ccc(N2C(=O)c3ccccc3N[C@H]2c2ccccc2)cc1. The highest BCUT2D eigenvalue weighted by Crippen LogP contribution is 2.36. The summed E-state index contributed by atoms with van der Waals surface area (Å²) in [4.78, 5) is 17.2. The standard InChI is InChI=1S/C22H21N3O/c1-24(2)17-12-14-18(15-13-17)25-21(16-8-4-3-5-9-16)23-20-11-7-6-10-19(20)22(25)26/h3-15,21,23H,1-2H3/t21-/m1/s1. The number of amides is 1. The van der Waals surface area contributed by atoms with Gasteiger partial charge >= 0.3 is 0 Å². The Hall–Kier alpha value is -3.27.